The number of hydrogen-bond donors (Lipinski definition) is 2. The Kier molecular flexibility index (Phi) is 6.52. The number of benzene rings is 1. The Bertz CT molecular complexity index is 485. The van der Waals surface area contributed by atoms with E-state index in [2.05, 4.69) is 9.89 Å². The normalized spacial score (nSPS) is 18.0. The summed E-state index contributed by atoms with van der Waals surface area (Å²) < 4.78 is 11.1. The smallest absolute Gasteiger partial charge is 0.487 e. The third kappa shape index (κ3) is 5.22. The molecule has 5 heteroatoms. The second kappa shape index (κ2) is 8.63. The van der Waals surface area contributed by atoms with Crippen LogP contribution in [0.1, 0.15) is 33.1 Å². The van der Waals surface area contributed by atoms with Gasteiger partial charge in [-0.05, 0) is 45.8 Å². The molecule has 1 aromatic carbocycles. The van der Waals surface area contributed by atoms with Gasteiger partial charge in [-0.2, -0.15) is 0 Å². The standard InChI is InChI=1S/C17H26N2O3/c1-3-21-16-10-6-5-9-15(16)18-17(20)22-14(2)13-19-11-7-4-8-12-19/h5-6,9-10,14H,3-4,7-8,11-13H2,1-2H3,(H,18,20)/p+1/t14-/m0/s1. The van der Waals surface area contributed by atoms with Crippen molar-refractivity contribution in [1.29, 1.82) is 0 Å². The molecule has 2 N–H and O–H groups in total. The van der Waals surface area contributed by atoms with Gasteiger partial charge >= 0.3 is 6.08 Å². The average Bonchev–Trinajstić information content (AvgIpc) is 2.50. The predicted octanol–water partition coefficient (Wildman–Crippen LogP) is 1.60. The number of ether oxygens (including phenoxy) is 2. The van der Waals surface area contributed by atoms with Crippen LogP contribution in [0, 0.1) is 0 Å². The molecule has 0 bridgehead atoms. The number of likely N-dealkylation sites (tertiary alicyclic amines) is 1. The van der Waals surface area contributed by atoms with Crippen LogP contribution < -0.4 is 9.73 Å². The van der Waals surface area contributed by atoms with Crippen LogP contribution in [-0.4, -0.2) is 48.4 Å². The van der Waals surface area contributed by atoms with E-state index in [1.54, 1.807) is 0 Å². The highest BCUT2D eigenvalue weighted by Crippen LogP contribution is 2.18. The Morgan fingerprint density at radius 3 is 2.73 bits per heavy atom. The molecule has 2 rings (SSSR count). The quantitative estimate of drug-likeness (QED) is 0.619. The van der Waals surface area contributed by atoms with Crippen molar-refractivity contribution in [2.45, 2.75) is 39.2 Å². The maximum Gasteiger partial charge on any atom is 0.551 e. The molecule has 0 unspecified atom stereocenters. The van der Waals surface area contributed by atoms with E-state index >= 15 is 0 Å². The number of piperidine rings is 1. The van der Waals surface area contributed by atoms with Crippen molar-refractivity contribution in [2.24, 2.45) is 0 Å². The summed E-state index contributed by atoms with van der Waals surface area (Å²) in [5.41, 5.74) is 0.701. The van der Waals surface area contributed by atoms with Gasteiger partial charge in [0.25, 0.3) is 5.69 Å². The van der Waals surface area contributed by atoms with Crippen molar-refractivity contribution in [2.75, 3.05) is 26.2 Å². The SMILES string of the molecule is CCOc1ccccc1[NH+]=C(O)O[C@@H](C)CN1CCCCC1. The minimum absolute atomic E-state index is 0.0649. The molecule has 0 aromatic heterocycles. The number of nitrogens with one attached hydrogen (secondary N) is 1. The van der Waals surface area contributed by atoms with E-state index < -0.39 is 0 Å². The molecule has 0 spiro atoms. The number of hydrogen-bond acceptors (Lipinski definition) is 3. The van der Waals surface area contributed by atoms with E-state index in [9.17, 15) is 5.11 Å². The maximum atomic E-state index is 10.0. The van der Waals surface area contributed by atoms with Crippen LogP contribution in [0.25, 0.3) is 0 Å². The minimum Gasteiger partial charge on any atom is -0.487 e. The molecule has 1 saturated heterocycles. The largest absolute Gasteiger partial charge is 0.551 e. The first-order chi connectivity index (χ1) is 10.7. The van der Waals surface area contributed by atoms with Crippen LogP contribution in [0.4, 0.5) is 5.69 Å². The van der Waals surface area contributed by atoms with Crippen LogP contribution in [0.3, 0.4) is 0 Å². The fraction of sp³-hybridized carbons (Fsp3) is 0.588. The summed E-state index contributed by atoms with van der Waals surface area (Å²) in [6.07, 6.45) is 3.57. The molecular weight excluding hydrogens is 280 g/mol. The third-order valence-corrected chi connectivity index (χ3v) is 3.71. The third-order valence-electron chi connectivity index (χ3n) is 3.71. The molecule has 1 aromatic rings. The van der Waals surface area contributed by atoms with Gasteiger partial charge in [0, 0.05) is 12.6 Å². The van der Waals surface area contributed by atoms with Crippen molar-refractivity contribution < 1.29 is 19.6 Å². The van der Waals surface area contributed by atoms with Gasteiger partial charge in [0.05, 0.1) is 6.61 Å². The monoisotopic (exact) mass is 307 g/mol. The first-order valence-electron chi connectivity index (χ1n) is 8.12. The van der Waals surface area contributed by atoms with Crippen LogP contribution in [0.15, 0.2) is 24.3 Å². The molecule has 122 valence electrons. The fourth-order valence-corrected chi connectivity index (χ4v) is 2.73. The Morgan fingerprint density at radius 1 is 1.27 bits per heavy atom. The molecule has 0 aliphatic carbocycles. The lowest BCUT2D eigenvalue weighted by Gasteiger charge is -2.28. The van der Waals surface area contributed by atoms with Gasteiger partial charge in [0.2, 0.25) is 0 Å². The molecule has 0 saturated carbocycles. The Labute approximate surface area is 132 Å². The lowest BCUT2D eigenvalue weighted by atomic mass is 10.1. The first kappa shape index (κ1) is 16.6. The van der Waals surface area contributed by atoms with Gasteiger partial charge in [-0.15, -0.1) is 4.99 Å². The lowest BCUT2D eigenvalue weighted by Crippen LogP contribution is -2.67. The summed E-state index contributed by atoms with van der Waals surface area (Å²) in [5.74, 6) is 0.698. The van der Waals surface area contributed by atoms with Gasteiger partial charge in [0.1, 0.15) is 6.10 Å². The number of aliphatic hydroxyl groups is 1. The summed E-state index contributed by atoms with van der Waals surface area (Å²) in [5, 5.41) is 10.0. The second-order valence-electron chi connectivity index (χ2n) is 5.65. The molecule has 5 nitrogen and oxygen atoms in total. The molecule has 1 aliphatic rings. The van der Waals surface area contributed by atoms with Gasteiger partial charge in [-0.3, -0.25) is 4.90 Å². The van der Waals surface area contributed by atoms with Gasteiger partial charge in [-0.1, -0.05) is 18.6 Å². The molecule has 1 aliphatic heterocycles. The van der Waals surface area contributed by atoms with E-state index in [4.69, 9.17) is 9.47 Å². The molecule has 0 radical (unpaired) electrons. The number of aliphatic hydroxyl groups excluding tert-OH is 1. The number of rotatable bonds is 6. The first-order valence-corrected chi connectivity index (χ1v) is 8.12. The van der Waals surface area contributed by atoms with E-state index in [0.717, 1.165) is 19.6 Å². The van der Waals surface area contributed by atoms with Crippen LogP contribution in [0.5, 0.6) is 5.75 Å². The maximum absolute atomic E-state index is 10.0. The van der Waals surface area contributed by atoms with Crippen molar-refractivity contribution in [1.82, 2.24) is 4.90 Å². The zero-order valence-electron chi connectivity index (χ0n) is 13.5. The summed E-state index contributed by atoms with van der Waals surface area (Å²) >= 11 is 0. The molecular formula is C17H27N2O3+. The summed E-state index contributed by atoms with van der Waals surface area (Å²) in [6, 6.07) is 7.48. The van der Waals surface area contributed by atoms with Crippen molar-refractivity contribution in [3.63, 3.8) is 0 Å². The van der Waals surface area contributed by atoms with Crippen LogP contribution >= 0.6 is 0 Å². The second-order valence-corrected chi connectivity index (χ2v) is 5.65. The number of nitrogens with zero attached hydrogens (tertiary/aromatic N) is 1. The van der Waals surface area contributed by atoms with E-state index in [-0.39, 0.29) is 12.2 Å². The highest BCUT2D eigenvalue weighted by molar-refractivity contribution is 5.60. The number of para-hydroxylation sites is 2. The van der Waals surface area contributed by atoms with Crippen LogP contribution in [-0.2, 0) is 4.74 Å². The zero-order valence-corrected chi connectivity index (χ0v) is 13.5. The van der Waals surface area contributed by atoms with Gasteiger partial charge in [0.15, 0.2) is 5.75 Å². The summed E-state index contributed by atoms with van der Waals surface area (Å²) in [4.78, 5) is 5.25. The molecule has 1 heterocycles. The van der Waals surface area contributed by atoms with Crippen LogP contribution in [0.2, 0.25) is 0 Å². The lowest BCUT2D eigenvalue weighted by molar-refractivity contribution is -0.384. The minimum atomic E-state index is -0.184. The van der Waals surface area contributed by atoms with E-state index in [1.165, 1.54) is 19.3 Å². The Morgan fingerprint density at radius 2 is 2.00 bits per heavy atom. The molecule has 22 heavy (non-hydrogen) atoms. The van der Waals surface area contributed by atoms with Crippen molar-refractivity contribution in [3.05, 3.63) is 24.3 Å². The molecule has 0 amide bonds. The summed E-state index contributed by atoms with van der Waals surface area (Å²) in [6.45, 7) is 7.55. The highest BCUT2D eigenvalue weighted by Gasteiger charge is 2.18. The van der Waals surface area contributed by atoms with E-state index in [0.29, 0.717) is 18.0 Å². The topological polar surface area (TPSA) is 55.9 Å². The molecule has 1 fully saturated rings. The highest BCUT2D eigenvalue weighted by atomic mass is 16.6. The predicted molar refractivity (Wildman–Crippen MR) is 86.7 cm³/mol. The Hall–Kier alpha value is -1.75. The fourth-order valence-electron chi connectivity index (χ4n) is 2.73. The Balaban J connectivity index is 1.91. The summed E-state index contributed by atoms with van der Waals surface area (Å²) in [7, 11) is 0. The van der Waals surface area contributed by atoms with Gasteiger partial charge in [-0.25, -0.2) is 0 Å². The van der Waals surface area contributed by atoms with Crippen molar-refractivity contribution in [3.8, 4) is 5.75 Å². The van der Waals surface area contributed by atoms with Crippen molar-refractivity contribution >= 4 is 11.8 Å². The zero-order chi connectivity index (χ0) is 15.8. The van der Waals surface area contributed by atoms with E-state index in [1.807, 2.05) is 38.1 Å². The van der Waals surface area contributed by atoms with Gasteiger partial charge < -0.3 is 14.6 Å². The average molecular weight is 307 g/mol. The molecule has 1 atom stereocenters.